The minimum absolute atomic E-state index is 0.197. The average molecular weight is 404 g/mol. The summed E-state index contributed by atoms with van der Waals surface area (Å²) < 4.78 is 6.32. The van der Waals surface area contributed by atoms with Crippen molar-refractivity contribution in [3.05, 3.63) is 75.3 Å². The summed E-state index contributed by atoms with van der Waals surface area (Å²) in [5.41, 5.74) is 1.32. The van der Waals surface area contributed by atoms with Crippen molar-refractivity contribution in [2.24, 2.45) is 0 Å². The Bertz CT molecular complexity index is 1030. The van der Waals surface area contributed by atoms with Gasteiger partial charge in [0.1, 0.15) is 12.3 Å². The van der Waals surface area contributed by atoms with Crippen LogP contribution >= 0.6 is 23.2 Å². The summed E-state index contributed by atoms with van der Waals surface area (Å²) in [7, 11) is 1.58. The number of nitrogens with one attached hydrogen (secondary N) is 1. The maximum absolute atomic E-state index is 12.3. The van der Waals surface area contributed by atoms with E-state index < -0.39 is 5.91 Å². The first-order valence-electron chi connectivity index (χ1n) is 7.92. The van der Waals surface area contributed by atoms with E-state index in [0.717, 1.165) is 5.56 Å². The highest BCUT2D eigenvalue weighted by atomic mass is 35.5. The van der Waals surface area contributed by atoms with Gasteiger partial charge < -0.3 is 10.1 Å². The number of aromatic nitrogens is 2. The molecule has 3 rings (SSSR count). The summed E-state index contributed by atoms with van der Waals surface area (Å²) in [6.45, 7) is -0.197. The molecule has 2 aromatic carbocycles. The highest BCUT2D eigenvalue weighted by molar-refractivity contribution is 6.35. The molecule has 0 spiro atoms. The lowest BCUT2D eigenvalue weighted by atomic mass is 10.1. The molecule has 0 saturated carbocycles. The number of methoxy groups -OCH3 is 1. The van der Waals surface area contributed by atoms with Crippen LogP contribution in [0.2, 0.25) is 10.0 Å². The average Bonchev–Trinajstić information content (AvgIpc) is 2.66. The van der Waals surface area contributed by atoms with Gasteiger partial charge in [-0.2, -0.15) is 0 Å². The molecule has 3 aromatic rings. The Morgan fingerprint density at radius 2 is 1.89 bits per heavy atom. The van der Waals surface area contributed by atoms with E-state index in [9.17, 15) is 9.59 Å². The third kappa shape index (κ3) is 4.67. The predicted molar refractivity (Wildman–Crippen MR) is 106 cm³/mol. The third-order valence-electron chi connectivity index (χ3n) is 3.78. The Morgan fingerprint density at radius 1 is 1.15 bits per heavy atom. The van der Waals surface area contributed by atoms with Gasteiger partial charge in [0.15, 0.2) is 0 Å². The normalized spacial score (nSPS) is 10.5. The summed E-state index contributed by atoms with van der Waals surface area (Å²) in [5, 5.41) is 3.43. The quantitative estimate of drug-likeness (QED) is 0.701. The van der Waals surface area contributed by atoms with Gasteiger partial charge in [-0.05, 0) is 42.5 Å². The van der Waals surface area contributed by atoms with Crippen LogP contribution in [0, 0.1) is 0 Å². The number of anilines is 1. The van der Waals surface area contributed by atoms with E-state index in [1.807, 2.05) is 0 Å². The van der Waals surface area contributed by atoms with Crippen molar-refractivity contribution in [2.75, 3.05) is 12.4 Å². The topological polar surface area (TPSA) is 73.2 Å². The van der Waals surface area contributed by atoms with Crippen molar-refractivity contribution >= 4 is 34.8 Å². The molecule has 27 heavy (non-hydrogen) atoms. The molecule has 0 bridgehead atoms. The second kappa shape index (κ2) is 8.24. The zero-order valence-corrected chi connectivity index (χ0v) is 15.8. The van der Waals surface area contributed by atoms with E-state index in [-0.39, 0.29) is 12.1 Å². The van der Waals surface area contributed by atoms with Gasteiger partial charge in [0, 0.05) is 16.7 Å². The summed E-state index contributed by atoms with van der Waals surface area (Å²) in [5.74, 6) is 0.295. The van der Waals surface area contributed by atoms with Crippen LogP contribution < -0.4 is 15.6 Å². The fraction of sp³-hybridized carbons (Fsp3) is 0.105. The summed E-state index contributed by atoms with van der Waals surface area (Å²) in [6.07, 6.45) is 1.33. The molecule has 1 heterocycles. The number of rotatable bonds is 5. The van der Waals surface area contributed by atoms with Gasteiger partial charge in [0.2, 0.25) is 5.91 Å². The van der Waals surface area contributed by atoms with Crippen LogP contribution in [0.4, 0.5) is 5.69 Å². The van der Waals surface area contributed by atoms with E-state index in [4.69, 9.17) is 27.9 Å². The summed E-state index contributed by atoms with van der Waals surface area (Å²) in [4.78, 5) is 28.8. The van der Waals surface area contributed by atoms with Crippen molar-refractivity contribution in [3.63, 3.8) is 0 Å². The third-order valence-corrected chi connectivity index (χ3v) is 4.35. The molecule has 0 aliphatic rings. The van der Waals surface area contributed by atoms with Crippen LogP contribution in [0.25, 0.3) is 11.3 Å². The first-order chi connectivity index (χ1) is 13.0. The number of hydrogen-bond donors (Lipinski definition) is 1. The molecule has 1 amide bonds. The number of benzene rings is 2. The Kier molecular flexibility index (Phi) is 5.78. The molecule has 0 aliphatic carbocycles. The maximum Gasteiger partial charge on any atom is 0.254 e. The van der Waals surface area contributed by atoms with Crippen LogP contribution in [0.5, 0.6) is 5.75 Å². The van der Waals surface area contributed by atoms with E-state index in [2.05, 4.69) is 10.3 Å². The van der Waals surface area contributed by atoms with Crippen molar-refractivity contribution in [3.8, 4) is 17.0 Å². The number of ether oxygens (including phenoxy) is 1. The first kappa shape index (κ1) is 18.9. The Labute approximate surface area is 165 Å². The number of halogens is 2. The lowest BCUT2D eigenvalue weighted by molar-refractivity contribution is -0.116. The van der Waals surface area contributed by atoms with Gasteiger partial charge in [-0.3, -0.25) is 14.2 Å². The van der Waals surface area contributed by atoms with E-state index in [1.54, 1.807) is 43.5 Å². The standard InChI is InChI=1S/C19H15Cl2N3O3/c1-27-14-5-2-12(3-6-14)16-9-19(26)24(11-22-16)10-18(25)23-17-8-13(20)4-7-15(17)21/h2-9,11H,10H2,1H3,(H,23,25). The second-order valence-corrected chi connectivity index (χ2v) is 6.48. The van der Waals surface area contributed by atoms with E-state index in [1.165, 1.54) is 23.0 Å². The number of hydrogen-bond acceptors (Lipinski definition) is 4. The molecule has 0 unspecified atom stereocenters. The fourth-order valence-corrected chi connectivity index (χ4v) is 2.74. The van der Waals surface area contributed by atoms with E-state index >= 15 is 0 Å². The lowest BCUT2D eigenvalue weighted by Crippen LogP contribution is -2.27. The molecular formula is C19H15Cl2N3O3. The Hall–Kier alpha value is -2.83. The van der Waals surface area contributed by atoms with Crippen molar-refractivity contribution in [1.29, 1.82) is 0 Å². The van der Waals surface area contributed by atoms with Crippen molar-refractivity contribution in [2.45, 2.75) is 6.54 Å². The molecule has 8 heteroatoms. The molecule has 1 N–H and O–H groups in total. The lowest BCUT2D eigenvalue weighted by Gasteiger charge is -2.09. The number of nitrogens with zero attached hydrogens (tertiary/aromatic N) is 2. The molecule has 0 saturated heterocycles. The van der Waals surface area contributed by atoms with Crippen molar-refractivity contribution < 1.29 is 9.53 Å². The van der Waals surface area contributed by atoms with Gasteiger partial charge in [0.25, 0.3) is 5.56 Å². The SMILES string of the molecule is COc1ccc(-c2cc(=O)n(CC(=O)Nc3cc(Cl)ccc3Cl)cn2)cc1. The van der Waals surface area contributed by atoms with Crippen LogP contribution in [0.1, 0.15) is 0 Å². The zero-order chi connectivity index (χ0) is 19.4. The Balaban J connectivity index is 1.74. The molecular weight excluding hydrogens is 389 g/mol. The maximum atomic E-state index is 12.3. The van der Waals surface area contributed by atoms with Crippen molar-refractivity contribution in [1.82, 2.24) is 9.55 Å². The van der Waals surface area contributed by atoms with Crippen LogP contribution in [-0.2, 0) is 11.3 Å². The summed E-state index contributed by atoms with van der Waals surface area (Å²) >= 11 is 11.9. The first-order valence-corrected chi connectivity index (χ1v) is 8.67. The molecule has 0 fully saturated rings. The highest BCUT2D eigenvalue weighted by Crippen LogP contribution is 2.25. The molecule has 138 valence electrons. The fourth-order valence-electron chi connectivity index (χ4n) is 2.40. The monoisotopic (exact) mass is 403 g/mol. The molecule has 0 aliphatic heterocycles. The molecule has 6 nitrogen and oxygen atoms in total. The number of carbonyl (C=O) groups is 1. The van der Waals surface area contributed by atoms with E-state index in [0.29, 0.717) is 27.2 Å². The number of amides is 1. The second-order valence-electron chi connectivity index (χ2n) is 5.64. The highest BCUT2D eigenvalue weighted by Gasteiger charge is 2.10. The molecule has 1 aromatic heterocycles. The van der Waals surface area contributed by atoms with Crippen LogP contribution in [-0.4, -0.2) is 22.6 Å². The molecule has 0 atom stereocenters. The number of carbonyl (C=O) groups excluding carboxylic acids is 1. The predicted octanol–water partition coefficient (Wildman–Crippen LogP) is 3.86. The zero-order valence-electron chi connectivity index (χ0n) is 14.3. The van der Waals surface area contributed by atoms with Crippen LogP contribution in [0.3, 0.4) is 0 Å². The largest absolute Gasteiger partial charge is 0.497 e. The van der Waals surface area contributed by atoms with Gasteiger partial charge >= 0.3 is 0 Å². The smallest absolute Gasteiger partial charge is 0.254 e. The minimum atomic E-state index is -0.416. The molecule has 0 radical (unpaired) electrons. The van der Waals surface area contributed by atoms with Gasteiger partial charge in [-0.25, -0.2) is 4.98 Å². The Morgan fingerprint density at radius 3 is 2.56 bits per heavy atom. The van der Waals surface area contributed by atoms with Crippen LogP contribution in [0.15, 0.2) is 59.7 Å². The minimum Gasteiger partial charge on any atom is -0.497 e. The summed E-state index contributed by atoms with van der Waals surface area (Å²) in [6, 6.07) is 13.3. The van der Waals surface area contributed by atoms with Gasteiger partial charge in [0.05, 0.1) is 29.8 Å². The van der Waals surface area contributed by atoms with Gasteiger partial charge in [-0.1, -0.05) is 23.2 Å². The van der Waals surface area contributed by atoms with Gasteiger partial charge in [-0.15, -0.1) is 0 Å².